The molecule has 1 rings (SSSR count). The molecule has 17 heavy (non-hydrogen) atoms. The molecule has 2 heteroatoms. The monoisotopic (exact) mass is 240 g/mol. The molecule has 1 aliphatic heterocycles. The minimum Gasteiger partial charge on any atom is -0.313 e. The first-order valence-corrected chi connectivity index (χ1v) is 7.68. The van der Waals surface area contributed by atoms with Gasteiger partial charge in [-0.15, -0.1) is 0 Å². The molecule has 0 spiro atoms. The minimum atomic E-state index is 0.769. The Morgan fingerprint density at radius 1 is 1.24 bits per heavy atom. The van der Waals surface area contributed by atoms with Gasteiger partial charge in [0.2, 0.25) is 0 Å². The average Bonchev–Trinajstić information content (AvgIpc) is 2.78. The van der Waals surface area contributed by atoms with Gasteiger partial charge in [-0.2, -0.15) is 0 Å². The van der Waals surface area contributed by atoms with Crippen molar-refractivity contribution in [2.75, 3.05) is 26.2 Å². The molecular weight excluding hydrogens is 208 g/mol. The Bertz CT molecular complexity index is 174. The first kappa shape index (κ1) is 15.0. The van der Waals surface area contributed by atoms with Gasteiger partial charge in [-0.05, 0) is 57.7 Å². The van der Waals surface area contributed by atoms with Gasteiger partial charge in [0.25, 0.3) is 0 Å². The smallest absolute Gasteiger partial charge is 0.0195 e. The summed E-state index contributed by atoms with van der Waals surface area (Å²) in [7, 11) is 0. The molecule has 1 fully saturated rings. The van der Waals surface area contributed by atoms with Crippen LogP contribution >= 0.6 is 0 Å². The normalized spacial score (nSPS) is 20.6. The van der Waals surface area contributed by atoms with Gasteiger partial charge in [0.1, 0.15) is 0 Å². The lowest BCUT2D eigenvalue weighted by Crippen LogP contribution is -2.38. The van der Waals surface area contributed by atoms with Gasteiger partial charge in [0, 0.05) is 12.6 Å². The Kier molecular flexibility index (Phi) is 7.87. The van der Waals surface area contributed by atoms with Crippen LogP contribution in [0.25, 0.3) is 0 Å². The lowest BCUT2D eigenvalue weighted by atomic mass is 10.1. The molecule has 0 aliphatic carbocycles. The lowest BCUT2D eigenvalue weighted by Gasteiger charge is -2.25. The SMILES string of the molecule is CCCCN(CCCC(C)C)CC1CCCN1. The van der Waals surface area contributed by atoms with Crippen molar-refractivity contribution in [3.05, 3.63) is 0 Å². The largest absolute Gasteiger partial charge is 0.313 e. The number of hydrogen-bond donors (Lipinski definition) is 1. The van der Waals surface area contributed by atoms with E-state index in [1.807, 2.05) is 0 Å². The predicted octanol–water partition coefficient (Wildman–Crippen LogP) is 3.28. The van der Waals surface area contributed by atoms with E-state index in [2.05, 4.69) is 31.0 Å². The van der Waals surface area contributed by atoms with E-state index in [0.717, 1.165) is 12.0 Å². The molecule has 2 nitrogen and oxygen atoms in total. The fourth-order valence-electron chi connectivity index (χ4n) is 2.62. The predicted molar refractivity (Wildman–Crippen MR) is 76.4 cm³/mol. The molecule has 0 aromatic rings. The summed E-state index contributed by atoms with van der Waals surface area (Å²) in [5, 5.41) is 3.62. The first-order valence-electron chi connectivity index (χ1n) is 7.68. The third kappa shape index (κ3) is 7.05. The van der Waals surface area contributed by atoms with E-state index in [-0.39, 0.29) is 0 Å². The van der Waals surface area contributed by atoms with Gasteiger partial charge in [-0.1, -0.05) is 27.2 Å². The topological polar surface area (TPSA) is 15.3 Å². The molecule has 0 bridgehead atoms. The Morgan fingerprint density at radius 3 is 2.59 bits per heavy atom. The fraction of sp³-hybridized carbons (Fsp3) is 1.00. The third-order valence-corrected chi connectivity index (χ3v) is 3.72. The highest BCUT2D eigenvalue weighted by Gasteiger charge is 2.17. The van der Waals surface area contributed by atoms with Gasteiger partial charge in [-0.25, -0.2) is 0 Å². The molecule has 1 saturated heterocycles. The average molecular weight is 240 g/mol. The zero-order valence-electron chi connectivity index (χ0n) is 12.2. The van der Waals surface area contributed by atoms with Crippen LogP contribution in [0.2, 0.25) is 0 Å². The van der Waals surface area contributed by atoms with Crippen LogP contribution < -0.4 is 5.32 Å². The summed E-state index contributed by atoms with van der Waals surface area (Å²) in [5.74, 6) is 0.854. The molecule has 0 radical (unpaired) electrons. The van der Waals surface area contributed by atoms with Crippen molar-refractivity contribution in [2.24, 2.45) is 5.92 Å². The molecule has 1 unspecified atom stereocenters. The summed E-state index contributed by atoms with van der Waals surface area (Å²) in [6.07, 6.45) is 8.17. The molecule has 0 saturated carbocycles. The number of unbranched alkanes of at least 4 members (excludes halogenated alkanes) is 1. The summed E-state index contributed by atoms with van der Waals surface area (Å²) >= 11 is 0. The Morgan fingerprint density at radius 2 is 2.00 bits per heavy atom. The second-order valence-electron chi connectivity index (χ2n) is 5.98. The van der Waals surface area contributed by atoms with Crippen molar-refractivity contribution in [1.29, 1.82) is 0 Å². The zero-order valence-corrected chi connectivity index (χ0v) is 12.2. The first-order chi connectivity index (χ1) is 8.22. The maximum Gasteiger partial charge on any atom is 0.0195 e. The summed E-state index contributed by atoms with van der Waals surface area (Å²) in [4.78, 5) is 2.69. The lowest BCUT2D eigenvalue weighted by molar-refractivity contribution is 0.237. The number of hydrogen-bond acceptors (Lipinski definition) is 2. The number of nitrogens with one attached hydrogen (secondary N) is 1. The molecule has 0 aromatic carbocycles. The highest BCUT2D eigenvalue weighted by Crippen LogP contribution is 2.10. The van der Waals surface area contributed by atoms with Crippen molar-refractivity contribution in [3.8, 4) is 0 Å². The van der Waals surface area contributed by atoms with E-state index in [4.69, 9.17) is 0 Å². The summed E-state index contributed by atoms with van der Waals surface area (Å²) in [6, 6.07) is 0.769. The summed E-state index contributed by atoms with van der Waals surface area (Å²) < 4.78 is 0. The van der Waals surface area contributed by atoms with E-state index < -0.39 is 0 Å². The summed E-state index contributed by atoms with van der Waals surface area (Å²) in [5.41, 5.74) is 0. The van der Waals surface area contributed by atoms with Gasteiger partial charge in [0.05, 0.1) is 0 Å². The number of rotatable bonds is 9. The van der Waals surface area contributed by atoms with Crippen molar-refractivity contribution >= 4 is 0 Å². The fourth-order valence-corrected chi connectivity index (χ4v) is 2.62. The third-order valence-electron chi connectivity index (χ3n) is 3.72. The molecule has 102 valence electrons. The van der Waals surface area contributed by atoms with Crippen molar-refractivity contribution < 1.29 is 0 Å². The molecule has 1 heterocycles. The van der Waals surface area contributed by atoms with Crippen LogP contribution in [0.5, 0.6) is 0 Å². The quantitative estimate of drug-likeness (QED) is 0.665. The van der Waals surface area contributed by atoms with Gasteiger partial charge in [-0.3, -0.25) is 0 Å². The Balaban J connectivity index is 2.20. The van der Waals surface area contributed by atoms with Gasteiger partial charge < -0.3 is 10.2 Å². The van der Waals surface area contributed by atoms with E-state index in [1.165, 1.54) is 64.7 Å². The van der Waals surface area contributed by atoms with E-state index in [1.54, 1.807) is 0 Å². The van der Waals surface area contributed by atoms with Gasteiger partial charge in [0.15, 0.2) is 0 Å². The van der Waals surface area contributed by atoms with E-state index >= 15 is 0 Å². The second-order valence-corrected chi connectivity index (χ2v) is 5.98. The van der Waals surface area contributed by atoms with Crippen molar-refractivity contribution in [1.82, 2.24) is 10.2 Å². The van der Waals surface area contributed by atoms with Crippen LogP contribution in [-0.2, 0) is 0 Å². The highest BCUT2D eigenvalue weighted by molar-refractivity contribution is 4.78. The minimum absolute atomic E-state index is 0.769. The standard InChI is InChI=1S/C15H32N2/c1-4-5-11-17(12-7-8-14(2)3)13-15-9-6-10-16-15/h14-16H,4-13H2,1-3H3. The number of nitrogens with zero attached hydrogens (tertiary/aromatic N) is 1. The van der Waals surface area contributed by atoms with Crippen LogP contribution in [-0.4, -0.2) is 37.1 Å². The Hall–Kier alpha value is -0.0800. The van der Waals surface area contributed by atoms with Crippen LogP contribution in [0, 0.1) is 5.92 Å². The highest BCUT2D eigenvalue weighted by atomic mass is 15.1. The molecular formula is C15H32N2. The zero-order chi connectivity index (χ0) is 12.5. The van der Waals surface area contributed by atoms with E-state index in [9.17, 15) is 0 Å². The maximum absolute atomic E-state index is 3.62. The molecule has 0 amide bonds. The van der Waals surface area contributed by atoms with Crippen LogP contribution in [0.3, 0.4) is 0 Å². The van der Waals surface area contributed by atoms with Crippen LogP contribution in [0.4, 0.5) is 0 Å². The van der Waals surface area contributed by atoms with Crippen LogP contribution in [0.15, 0.2) is 0 Å². The molecule has 0 aromatic heterocycles. The second kappa shape index (κ2) is 8.93. The summed E-state index contributed by atoms with van der Waals surface area (Å²) in [6.45, 7) is 12.1. The van der Waals surface area contributed by atoms with Gasteiger partial charge >= 0.3 is 0 Å². The Labute approximate surface area is 108 Å². The molecule has 1 N–H and O–H groups in total. The van der Waals surface area contributed by atoms with Crippen molar-refractivity contribution in [3.63, 3.8) is 0 Å². The molecule has 1 aliphatic rings. The van der Waals surface area contributed by atoms with Crippen LogP contribution in [0.1, 0.15) is 59.3 Å². The molecule has 1 atom stereocenters. The van der Waals surface area contributed by atoms with Crippen molar-refractivity contribution in [2.45, 2.75) is 65.3 Å². The van der Waals surface area contributed by atoms with E-state index in [0.29, 0.717) is 0 Å². The maximum atomic E-state index is 3.62.